The zero-order valence-electron chi connectivity index (χ0n) is 8.42. The van der Waals surface area contributed by atoms with E-state index in [1.54, 1.807) is 18.2 Å². The van der Waals surface area contributed by atoms with Crippen LogP contribution in [-0.4, -0.2) is 9.97 Å². The van der Waals surface area contributed by atoms with Gasteiger partial charge in [-0.2, -0.15) is 4.98 Å². The second-order valence-electron chi connectivity index (χ2n) is 3.15. The molecule has 0 amide bonds. The van der Waals surface area contributed by atoms with Crippen LogP contribution < -0.4 is 11.1 Å². The molecule has 0 aliphatic rings. The minimum atomic E-state index is -0.629. The Labute approximate surface area is 107 Å². The first kappa shape index (κ1) is 11.9. The monoisotopic (exact) mass is 272 g/mol. The topological polar surface area (TPSA) is 63.8 Å². The summed E-state index contributed by atoms with van der Waals surface area (Å²) in [6, 6.07) is 4.95. The van der Waals surface area contributed by atoms with E-state index < -0.39 is 5.82 Å². The molecule has 0 saturated carbocycles. The summed E-state index contributed by atoms with van der Waals surface area (Å²) in [4.78, 5) is 7.23. The highest BCUT2D eigenvalue weighted by Gasteiger charge is 2.09. The second-order valence-corrected chi connectivity index (χ2v) is 3.94. The Morgan fingerprint density at radius 2 is 2.06 bits per heavy atom. The van der Waals surface area contributed by atoms with Gasteiger partial charge in [-0.15, -0.1) is 0 Å². The molecule has 1 aromatic heterocycles. The minimum Gasteiger partial charge on any atom is -0.368 e. The van der Waals surface area contributed by atoms with Crippen LogP contribution in [0.15, 0.2) is 24.4 Å². The van der Waals surface area contributed by atoms with Crippen molar-refractivity contribution in [2.24, 2.45) is 0 Å². The van der Waals surface area contributed by atoms with Crippen molar-refractivity contribution < 1.29 is 4.39 Å². The number of halogens is 3. The van der Waals surface area contributed by atoms with Gasteiger partial charge in [-0.05, 0) is 12.1 Å². The van der Waals surface area contributed by atoms with Crippen molar-refractivity contribution in [2.75, 3.05) is 11.1 Å². The molecular formula is C10H7Cl2FN4. The summed E-state index contributed by atoms with van der Waals surface area (Å²) in [5, 5.41) is 3.34. The van der Waals surface area contributed by atoms with E-state index >= 15 is 0 Å². The summed E-state index contributed by atoms with van der Waals surface area (Å²) in [5.41, 5.74) is 5.80. The third kappa shape index (κ3) is 2.57. The van der Waals surface area contributed by atoms with Crippen LogP contribution in [0, 0.1) is 5.82 Å². The maximum Gasteiger partial charge on any atom is 0.222 e. The van der Waals surface area contributed by atoms with Crippen LogP contribution >= 0.6 is 23.2 Å². The molecule has 1 heterocycles. The van der Waals surface area contributed by atoms with Crippen molar-refractivity contribution in [3.8, 4) is 0 Å². The molecule has 2 aromatic rings. The fraction of sp³-hybridized carbons (Fsp3) is 0. The highest BCUT2D eigenvalue weighted by Crippen LogP contribution is 2.31. The van der Waals surface area contributed by atoms with E-state index in [4.69, 9.17) is 28.9 Å². The third-order valence-electron chi connectivity index (χ3n) is 1.97. The summed E-state index contributed by atoms with van der Waals surface area (Å²) in [6.07, 6.45) is 0.975. The molecule has 0 aliphatic carbocycles. The van der Waals surface area contributed by atoms with Gasteiger partial charge in [-0.1, -0.05) is 29.3 Å². The van der Waals surface area contributed by atoms with Gasteiger partial charge >= 0.3 is 0 Å². The first-order valence-electron chi connectivity index (χ1n) is 4.57. The number of aromatic nitrogens is 2. The van der Waals surface area contributed by atoms with Gasteiger partial charge in [0.05, 0.1) is 21.9 Å². The quantitative estimate of drug-likeness (QED) is 0.881. The largest absolute Gasteiger partial charge is 0.368 e. The van der Waals surface area contributed by atoms with Gasteiger partial charge < -0.3 is 11.1 Å². The molecule has 7 heteroatoms. The molecule has 0 bridgehead atoms. The lowest BCUT2D eigenvalue weighted by Gasteiger charge is -2.09. The van der Waals surface area contributed by atoms with Gasteiger partial charge in [-0.3, -0.25) is 0 Å². The summed E-state index contributed by atoms with van der Waals surface area (Å²) in [5.74, 6) is -0.719. The fourth-order valence-corrected chi connectivity index (χ4v) is 1.54. The third-order valence-corrected chi connectivity index (χ3v) is 2.79. The molecule has 2 rings (SSSR count). The smallest absolute Gasteiger partial charge is 0.222 e. The van der Waals surface area contributed by atoms with Crippen molar-refractivity contribution in [2.45, 2.75) is 0 Å². The first-order valence-corrected chi connectivity index (χ1v) is 5.32. The fourth-order valence-electron chi connectivity index (χ4n) is 1.20. The van der Waals surface area contributed by atoms with Crippen molar-refractivity contribution in [3.63, 3.8) is 0 Å². The van der Waals surface area contributed by atoms with Gasteiger partial charge in [-0.25, -0.2) is 9.37 Å². The van der Waals surface area contributed by atoms with E-state index in [1.165, 1.54) is 0 Å². The summed E-state index contributed by atoms with van der Waals surface area (Å²) in [7, 11) is 0. The highest BCUT2D eigenvalue weighted by molar-refractivity contribution is 6.43. The molecular weight excluding hydrogens is 266 g/mol. The number of nitrogens with zero attached hydrogens (tertiary/aromatic N) is 2. The molecule has 0 radical (unpaired) electrons. The zero-order chi connectivity index (χ0) is 12.4. The van der Waals surface area contributed by atoms with Crippen LogP contribution in [-0.2, 0) is 0 Å². The minimum absolute atomic E-state index is 0.0351. The molecule has 0 aliphatic heterocycles. The predicted molar refractivity (Wildman–Crippen MR) is 66.1 cm³/mol. The van der Waals surface area contributed by atoms with Crippen LogP contribution in [0.4, 0.5) is 21.8 Å². The summed E-state index contributed by atoms with van der Waals surface area (Å²) < 4.78 is 13.4. The molecule has 4 nitrogen and oxygen atoms in total. The van der Waals surface area contributed by atoms with Gasteiger partial charge in [0.25, 0.3) is 0 Å². The first-order chi connectivity index (χ1) is 8.08. The Hall–Kier alpha value is -1.59. The molecule has 0 spiro atoms. The maximum atomic E-state index is 13.4. The normalized spacial score (nSPS) is 10.3. The highest BCUT2D eigenvalue weighted by atomic mass is 35.5. The molecule has 3 N–H and O–H groups in total. The SMILES string of the molecule is Nc1ncc(F)c(Nc2cccc(Cl)c2Cl)n1. The van der Waals surface area contributed by atoms with Gasteiger partial charge in [0.1, 0.15) is 0 Å². The number of nitrogens with one attached hydrogen (secondary N) is 1. The maximum absolute atomic E-state index is 13.4. The predicted octanol–water partition coefficient (Wildman–Crippen LogP) is 3.25. The number of benzene rings is 1. The van der Waals surface area contributed by atoms with Crippen LogP contribution in [0.1, 0.15) is 0 Å². The summed E-state index contributed by atoms with van der Waals surface area (Å²) in [6.45, 7) is 0. The molecule has 0 saturated heterocycles. The van der Waals surface area contributed by atoms with Gasteiger partial charge in [0, 0.05) is 0 Å². The lowest BCUT2D eigenvalue weighted by atomic mass is 10.3. The number of hydrogen-bond donors (Lipinski definition) is 2. The van der Waals surface area contributed by atoms with E-state index in [1.807, 2.05) is 0 Å². The van der Waals surface area contributed by atoms with Gasteiger partial charge in [0.2, 0.25) is 5.95 Å². The Kier molecular flexibility index (Phi) is 3.31. The Morgan fingerprint density at radius 1 is 1.29 bits per heavy atom. The standard InChI is InChI=1S/C10H7Cl2FN4/c11-5-2-1-3-7(8(5)12)16-9-6(13)4-15-10(14)17-9/h1-4H,(H3,14,15,16,17). The summed E-state index contributed by atoms with van der Waals surface area (Å²) >= 11 is 11.8. The molecule has 0 unspecified atom stereocenters. The van der Waals surface area contributed by atoms with Crippen LogP contribution in [0.2, 0.25) is 10.0 Å². The second kappa shape index (κ2) is 4.73. The van der Waals surface area contributed by atoms with E-state index in [2.05, 4.69) is 15.3 Å². The molecule has 17 heavy (non-hydrogen) atoms. The average molecular weight is 273 g/mol. The van der Waals surface area contributed by atoms with Crippen molar-refractivity contribution in [1.82, 2.24) is 9.97 Å². The number of nitrogens with two attached hydrogens (primary N) is 1. The zero-order valence-corrected chi connectivity index (χ0v) is 9.93. The van der Waals surface area contributed by atoms with E-state index in [-0.39, 0.29) is 16.8 Å². The number of rotatable bonds is 2. The van der Waals surface area contributed by atoms with E-state index in [9.17, 15) is 4.39 Å². The molecule has 88 valence electrons. The van der Waals surface area contributed by atoms with Crippen molar-refractivity contribution in [3.05, 3.63) is 40.3 Å². The lowest BCUT2D eigenvalue weighted by molar-refractivity contribution is 0.620. The average Bonchev–Trinajstić information content (AvgIpc) is 2.30. The van der Waals surface area contributed by atoms with Crippen LogP contribution in [0.3, 0.4) is 0 Å². The Morgan fingerprint density at radius 3 is 2.82 bits per heavy atom. The molecule has 1 aromatic carbocycles. The molecule has 0 atom stereocenters. The van der Waals surface area contributed by atoms with E-state index in [0.29, 0.717) is 10.7 Å². The number of anilines is 3. The van der Waals surface area contributed by atoms with Gasteiger partial charge in [0.15, 0.2) is 11.6 Å². The Bertz CT molecular complexity index is 562. The molecule has 0 fully saturated rings. The Balaban J connectivity index is 2.38. The van der Waals surface area contributed by atoms with E-state index in [0.717, 1.165) is 6.20 Å². The number of nitrogen functional groups attached to an aromatic ring is 1. The van der Waals surface area contributed by atoms with Crippen LogP contribution in [0.5, 0.6) is 0 Å². The van der Waals surface area contributed by atoms with Crippen molar-refractivity contribution in [1.29, 1.82) is 0 Å². The number of hydrogen-bond acceptors (Lipinski definition) is 4. The van der Waals surface area contributed by atoms with Crippen molar-refractivity contribution >= 4 is 40.7 Å². The van der Waals surface area contributed by atoms with Crippen LogP contribution in [0.25, 0.3) is 0 Å². The lowest BCUT2D eigenvalue weighted by Crippen LogP contribution is -2.02.